The van der Waals surface area contributed by atoms with Gasteiger partial charge in [0.1, 0.15) is 0 Å². The number of aryl methyl sites for hydroxylation is 1. The van der Waals surface area contributed by atoms with E-state index in [4.69, 9.17) is 4.74 Å². The highest BCUT2D eigenvalue weighted by Gasteiger charge is 2.16. The summed E-state index contributed by atoms with van der Waals surface area (Å²) in [4.78, 5) is 0. The van der Waals surface area contributed by atoms with Gasteiger partial charge in [-0.3, -0.25) is 0 Å². The summed E-state index contributed by atoms with van der Waals surface area (Å²) in [5, 5.41) is 0. The predicted molar refractivity (Wildman–Crippen MR) is 126 cm³/mol. The quantitative estimate of drug-likeness (QED) is 0.168. The maximum atomic E-state index is 14.7. The lowest BCUT2D eigenvalue weighted by atomic mass is 10.0. The molecule has 0 fully saturated rings. The van der Waals surface area contributed by atoms with Gasteiger partial charge >= 0.3 is 0 Å². The summed E-state index contributed by atoms with van der Waals surface area (Å²) in [5.74, 6) is -3.81. The molecule has 3 aromatic carbocycles. The lowest BCUT2D eigenvalue weighted by molar-refractivity contribution is 0.285. The SMILES string of the molecule is CCCCCCCOc1ccc(-c2ccc(/C=C/c3ccc(C)c(F)c3F)cc2)c(F)c1F. The van der Waals surface area contributed by atoms with Crippen molar-refractivity contribution in [3.05, 3.63) is 88.5 Å². The highest BCUT2D eigenvalue weighted by atomic mass is 19.2. The van der Waals surface area contributed by atoms with Crippen molar-refractivity contribution >= 4 is 12.2 Å². The molecule has 1 nitrogen and oxygen atoms in total. The number of hydrogen-bond acceptors (Lipinski definition) is 1. The minimum absolute atomic E-state index is 0.0846. The number of rotatable bonds is 10. The van der Waals surface area contributed by atoms with Crippen LogP contribution in [0.2, 0.25) is 0 Å². The van der Waals surface area contributed by atoms with E-state index in [9.17, 15) is 17.6 Å². The Morgan fingerprint density at radius 2 is 1.42 bits per heavy atom. The van der Waals surface area contributed by atoms with Crippen LogP contribution in [0.3, 0.4) is 0 Å². The van der Waals surface area contributed by atoms with Gasteiger partial charge in [0.15, 0.2) is 23.2 Å². The van der Waals surface area contributed by atoms with Crippen LogP contribution in [0.5, 0.6) is 5.75 Å². The van der Waals surface area contributed by atoms with Crippen molar-refractivity contribution in [1.29, 1.82) is 0 Å². The van der Waals surface area contributed by atoms with Crippen molar-refractivity contribution < 1.29 is 22.3 Å². The van der Waals surface area contributed by atoms with Crippen LogP contribution >= 0.6 is 0 Å². The fraction of sp³-hybridized carbons (Fsp3) is 0.286. The van der Waals surface area contributed by atoms with E-state index in [0.29, 0.717) is 17.7 Å². The topological polar surface area (TPSA) is 9.23 Å². The molecule has 174 valence electrons. The first-order valence-corrected chi connectivity index (χ1v) is 11.3. The van der Waals surface area contributed by atoms with Gasteiger partial charge in [0.05, 0.1) is 6.61 Å². The van der Waals surface area contributed by atoms with E-state index in [1.54, 1.807) is 30.3 Å². The normalized spacial score (nSPS) is 11.3. The van der Waals surface area contributed by atoms with Gasteiger partial charge in [0.25, 0.3) is 0 Å². The summed E-state index contributed by atoms with van der Waals surface area (Å²) in [6, 6.07) is 12.7. The molecule has 0 aromatic heterocycles. The minimum Gasteiger partial charge on any atom is -0.490 e. The molecule has 0 heterocycles. The molecular formula is C28H28F4O. The molecule has 0 saturated heterocycles. The summed E-state index contributed by atoms with van der Waals surface area (Å²) in [5.41, 5.74) is 1.72. The van der Waals surface area contributed by atoms with Gasteiger partial charge in [-0.15, -0.1) is 0 Å². The third kappa shape index (κ3) is 6.25. The molecule has 5 heteroatoms. The van der Waals surface area contributed by atoms with Gasteiger partial charge in [0, 0.05) is 11.1 Å². The van der Waals surface area contributed by atoms with Crippen LogP contribution in [-0.2, 0) is 0 Å². The molecule has 0 bridgehead atoms. The second kappa shape index (κ2) is 11.7. The lowest BCUT2D eigenvalue weighted by Gasteiger charge is -2.11. The molecular weight excluding hydrogens is 428 g/mol. The summed E-state index contributed by atoms with van der Waals surface area (Å²) in [7, 11) is 0. The standard InChI is InChI=1S/C28H28F4O/c1-3-4-5-6-7-18-33-24-17-16-23(27(31)28(24)32)21-13-9-20(10-14-21)11-15-22-12-8-19(2)25(29)26(22)30/h8-17H,3-7,18H2,1-2H3/b15-11+. The Bertz CT molecular complexity index is 1100. The van der Waals surface area contributed by atoms with E-state index in [1.807, 2.05) is 0 Å². The first-order valence-electron chi connectivity index (χ1n) is 11.3. The Morgan fingerprint density at radius 1 is 0.697 bits per heavy atom. The van der Waals surface area contributed by atoms with E-state index in [2.05, 4.69) is 6.92 Å². The van der Waals surface area contributed by atoms with Crippen molar-refractivity contribution in [2.45, 2.75) is 46.0 Å². The van der Waals surface area contributed by atoms with Gasteiger partial charge in [0.2, 0.25) is 5.82 Å². The number of hydrogen-bond donors (Lipinski definition) is 0. The molecule has 0 spiro atoms. The highest BCUT2D eigenvalue weighted by Crippen LogP contribution is 2.30. The second-order valence-corrected chi connectivity index (χ2v) is 8.06. The molecule has 0 radical (unpaired) electrons. The van der Waals surface area contributed by atoms with Crippen LogP contribution in [-0.4, -0.2) is 6.61 Å². The monoisotopic (exact) mass is 456 g/mol. The van der Waals surface area contributed by atoms with Crippen LogP contribution in [0.1, 0.15) is 55.7 Å². The Hall–Kier alpha value is -3.08. The van der Waals surface area contributed by atoms with E-state index < -0.39 is 23.3 Å². The van der Waals surface area contributed by atoms with Crippen molar-refractivity contribution in [3.8, 4) is 16.9 Å². The lowest BCUT2D eigenvalue weighted by Crippen LogP contribution is -2.01. The summed E-state index contributed by atoms with van der Waals surface area (Å²) in [6.45, 7) is 3.99. The molecule has 33 heavy (non-hydrogen) atoms. The van der Waals surface area contributed by atoms with Crippen LogP contribution in [0.4, 0.5) is 17.6 Å². The fourth-order valence-corrected chi connectivity index (χ4v) is 3.50. The van der Waals surface area contributed by atoms with Gasteiger partial charge in [-0.25, -0.2) is 13.2 Å². The summed E-state index contributed by atoms with van der Waals surface area (Å²) in [6.07, 6.45) is 8.32. The fourth-order valence-electron chi connectivity index (χ4n) is 3.50. The van der Waals surface area contributed by atoms with Crippen LogP contribution < -0.4 is 4.74 Å². The average molecular weight is 457 g/mol. The smallest absolute Gasteiger partial charge is 0.201 e. The zero-order valence-electron chi connectivity index (χ0n) is 18.9. The van der Waals surface area contributed by atoms with E-state index in [-0.39, 0.29) is 22.4 Å². The molecule has 0 aliphatic heterocycles. The van der Waals surface area contributed by atoms with Crippen LogP contribution in [0.25, 0.3) is 23.3 Å². The van der Waals surface area contributed by atoms with Crippen LogP contribution in [0, 0.1) is 30.2 Å². The number of unbranched alkanes of at least 4 members (excludes halogenated alkanes) is 4. The maximum Gasteiger partial charge on any atom is 0.201 e. The van der Waals surface area contributed by atoms with Crippen molar-refractivity contribution in [1.82, 2.24) is 0 Å². The zero-order chi connectivity index (χ0) is 23.8. The predicted octanol–water partition coefficient (Wildman–Crippen LogP) is 8.74. The van der Waals surface area contributed by atoms with Crippen LogP contribution in [0.15, 0.2) is 48.5 Å². The molecule has 0 saturated carbocycles. The number of ether oxygens (including phenoxy) is 1. The van der Waals surface area contributed by atoms with Crippen molar-refractivity contribution in [3.63, 3.8) is 0 Å². The van der Waals surface area contributed by atoms with E-state index in [0.717, 1.165) is 32.1 Å². The molecule has 0 unspecified atom stereocenters. The molecule has 3 aromatic rings. The summed E-state index contributed by atoms with van der Waals surface area (Å²) < 4.78 is 62.3. The van der Waals surface area contributed by atoms with Gasteiger partial charge in [-0.05, 0) is 42.2 Å². The minimum atomic E-state index is -0.998. The van der Waals surface area contributed by atoms with Gasteiger partial charge in [-0.2, -0.15) is 4.39 Å². The Morgan fingerprint density at radius 3 is 2.15 bits per heavy atom. The van der Waals surface area contributed by atoms with Gasteiger partial charge < -0.3 is 4.74 Å². The van der Waals surface area contributed by atoms with Crippen molar-refractivity contribution in [2.75, 3.05) is 6.61 Å². The molecule has 0 aliphatic carbocycles. The Balaban J connectivity index is 1.68. The van der Waals surface area contributed by atoms with E-state index in [1.165, 1.54) is 37.3 Å². The molecule has 0 N–H and O–H groups in total. The second-order valence-electron chi connectivity index (χ2n) is 8.06. The average Bonchev–Trinajstić information content (AvgIpc) is 2.82. The van der Waals surface area contributed by atoms with E-state index >= 15 is 0 Å². The summed E-state index contributed by atoms with van der Waals surface area (Å²) >= 11 is 0. The Kier molecular flexibility index (Phi) is 8.70. The number of benzene rings is 3. The highest BCUT2D eigenvalue weighted by molar-refractivity contribution is 5.73. The number of halogens is 4. The molecule has 0 amide bonds. The molecule has 3 rings (SSSR count). The third-order valence-electron chi connectivity index (χ3n) is 5.53. The zero-order valence-corrected chi connectivity index (χ0v) is 18.9. The van der Waals surface area contributed by atoms with Crippen molar-refractivity contribution in [2.24, 2.45) is 0 Å². The third-order valence-corrected chi connectivity index (χ3v) is 5.53. The largest absolute Gasteiger partial charge is 0.490 e. The Labute approximate surface area is 192 Å². The molecule has 0 atom stereocenters. The van der Waals surface area contributed by atoms with Gasteiger partial charge in [-0.1, -0.05) is 81.2 Å². The maximum absolute atomic E-state index is 14.7. The molecule has 0 aliphatic rings. The first kappa shape index (κ1) is 24.6. The first-order chi connectivity index (χ1) is 15.9.